The molecule has 0 aliphatic heterocycles. The van der Waals surface area contributed by atoms with Crippen LogP contribution in [0, 0.1) is 0 Å². The highest BCUT2D eigenvalue weighted by molar-refractivity contribution is 5.94. The fraction of sp³-hybridized carbons (Fsp3) is 0.433. The van der Waals surface area contributed by atoms with Crippen LogP contribution in [0.25, 0.3) is 0 Å². The number of amides is 5. The van der Waals surface area contributed by atoms with Crippen molar-refractivity contribution in [3.8, 4) is 0 Å². The molecular weight excluding hydrogens is 524 g/mol. The molecule has 0 radical (unpaired) electrons. The Hall–Kier alpha value is -4.25. The van der Waals surface area contributed by atoms with E-state index in [0.717, 1.165) is 17.5 Å². The summed E-state index contributed by atoms with van der Waals surface area (Å²) in [5, 5.41) is 8.09. The standard InChI is InChI=1S/C30H42N6O5/c31-19-8-7-15-24(29(40)35-23(28(33)39)17-18-26(32)37)36-30(41)25(20-22-12-5-2-6-13-22)34-27(38)16-9-14-21-10-3-1-4-11-21/h1-6,10-13,23-25H,7-9,14-20,31H2,(H2,32,37)(H2,33,39)(H,34,38)(H,35,40)(H,36,41)/t23-,24-,25-/m0/s1. The molecule has 5 amide bonds. The maximum Gasteiger partial charge on any atom is 0.243 e. The van der Waals surface area contributed by atoms with Crippen molar-refractivity contribution in [3.05, 3.63) is 71.8 Å². The number of nitrogens with one attached hydrogen (secondary N) is 3. The number of nitrogens with two attached hydrogens (primary N) is 3. The van der Waals surface area contributed by atoms with Gasteiger partial charge in [0.2, 0.25) is 29.5 Å². The van der Waals surface area contributed by atoms with Gasteiger partial charge in [0.1, 0.15) is 18.1 Å². The Labute approximate surface area is 241 Å². The molecule has 3 atom stereocenters. The van der Waals surface area contributed by atoms with Crippen LogP contribution in [0.1, 0.15) is 56.1 Å². The first-order valence-electron chi connectivity index (χ1n) is 13.9. The van der Waals surface area contributed by atoms with Crippen molar-refractivity contribution >= 4 is 29.5 Å². The first-order valence-corrected chi connectivity index (χ1v) is 13.9. The van der Waals surface area contributed by atoms with Crippen LogP contribution in [0.2, 0.25) is 0 Å². The van der Waals surface area contributed by atoms with Gasteiger partial charge in [-0.1, -0.05) is 60.7 Å². The van der Waals surface area contributed by atoms with Crippen molar-refractivity contribution in [1.29, 1.82) is 0 Å². The number of carbonyl (C=O) groups is 5. The molecule has 0 spiro atoms. The van der Waals surface area contributed by atoms with E-state index >= 15 is 0 Å². The van der Waals surface area contributed by atoms with E-state index in [1.807, 2.05) is 60.7 Å². The molecular formula is C30H42N6O5. The fourth-order valence-corrected chi connectivity index (χ4v) is 4.30. The van der Waals surface area contributed by atoms with Crippen LogP contribution < -0.4 is 33.2 Å². The minimum atomic E-state index is -1.13. The first kappa shape index (κ1) is 33.0. The van der Waals surface area contributed by atoms with Crippen molar-refractivity contribution in [2.45, 2.75) is 75.9 Å². The molecule has 0 aromatic heterocycles. The lowest BCUT2D eigenvalue weighted by atomic mass is 10.0. The van der Waals surface area contributed by atoms with Gasteiger partial charge in [-0.2, -0.15) is 0 Å². The Morgan fingerprint density at radius 3 is 1.80 bits per heavy atom. The van der Waals surface area contributed by atoms with Gasteiger partial charge < -0.3 is 33.2 Å². The van der Waals surface area contributed by atoms with Crippen molar-refractivity contribution in [2.24, 2.45) is 17.2 Å². The molecule has 222 valence electrons. The average molecular weight is 567 g/mol. The summed E-state index contributed by atoms with van der Waals surface area (Å²) in [5.74, 6) is -2.90. The molecule has 11 heteroatoms. The zero-order valence-corrected chi connectivity index (χ0v) is 23.3. The maximum atomic E-state index is 13.5. The van der Waals surface area contributed by atoms with E-state index < -0.39 is 41.8 Å². The Morgan fingerprint density at radius 2 is 1.22 bits per heavy atom. The van der Waals surface area contributed by atoms with Crippen LogP contribution in [0.5, 0.6) is 0 Å². The lowest BCUT2D eigenvalue weighted by Crippen LogP contribution is -2.56. The third-order valence-corrected chi connectivity index (χ3v) is 6.57. The Morgan fingerprint density at radius 1 is 0.634 bits per heavy atom. The third-order valence-electron chi connectivity index (χ3n) is 6.57. The predicted molar refractivity (Wildman–Crippen MR) is 156 cm³/mol. The Kier molecular flexibility index (Phi) is 14.6. The van der Waals surface area contributed by atoms with Crippen LogP contribution in [-0.4, -0.2) is 54.2 Å². The number of hydrogen-bond donors (Lipinski definition) is 6. The second kappa shape index (κ2) is 18.2. The van der Waals surface area contributed by atoms with Gasteiger partial charge in [-0.15, -0.1) is 0 Å². The highest BCUT2D eigenvalue weighted by Crippen LogP contribution is 2.09. The second-order valence-electron chi connectivity index (χ2n) is 9.96. The number of rotatable bonds is 19. The monoisotopic (exact) mass is 566 g/mol. The molecule has 2 aromatic rings. The minimum Gasteiger partial charge on any atom is -0.370 e. The number of carbonyl (C=O) groups excluding carboxylic acids is 5. The SMILES string of the molecule is NCCCC[C@H](NC(=O)[C@H](Cc1ccccc1)NC(=O)CCCc1ccccc1)C(=O)N[C@@H](CCC(N)=O)C(N)=O. The summed E-state index contributed by atoms with van der Waals surface area (Å²) >= 11 is 0. The Bertz CT molecular complexity index is 1130. The average Bonchev–Trinajstić information content (AvgIpc) is 2.95. The van der Waals surface area contributed by atoms with Gasteiger partial charge in [0.15, 0.2) is 0 Å². The van der Waals surface area contributed by atoms with E-state index in [4.69, 9.17) is 17.2 Å². The maximum absolute atomic E-state index is 13.5. The van der Waals surface area contributed by atoms with Crippen LogP contribution in [-0.2, 0) is 36.8 Å². The summed E-state index contributed by atoms with van der Waals surface area (Å²) in [7, 11) is 0. The van der Waals surface area contributed by atoms with E-state index in [0.29, 0.717) is 25.8 Å². The van der Waals surface area contributed by atoms with E-state index in [2.05, 4.69) is 16.0 Å². The van der Waals surface area contributed by atoms with Gasteiger partial charge >= 0.3 is 0 Å². The molecule has 0 bridgehead atoms. The quantitative estimate of drug-likeness (QED) is 0.134. The molecule has 0 fully saturated rings. The first-order chi connectivity index (χ1) is 19.7. The van der Waals surface area contributed by atoms with Crippen LogP contribution >= 0.6 is 0 Å². The minimum absolute atomic E-state index is 0.0600. The molecule has 0 unspecified atom stereocenters. The summed E-state index contributed by atoms with van der Waals surface area (Å²) in [4.78, 5) is 62.5. The van der Waals surface area contributed by atoms with Gasteiger partial charge in [-0.05, 0) is 56.2 Å². The van der Waals surface area contributed by atoms with Gasteiger partial charge in [-0.25, -0.2) is 0 Å². The van der Waals surface area contributed by atoms with Crippen molar-refractivity contribution in [3.63, 3.8) is 0 Å². The van der Waals surface area contributed by atoms with E-state index in [1.54, 1.807) is 0 Å². The molecule has 0 heterocycles. The molecule has 2 rings (SSSR count). The Balaban J connectivity index is 2.12. The number of primary amides is 2. The van der Waals surface area contributed by atoms with Crippen LogP contribution in [0.15, 0.2) is 60.7 Å². The fourth-order valence-electron chi connectivity index (χ4n) is 4.30. The molecule has 41 heavy (non-hydrogen) atoms. The zero-order valence-electron chi connectivity index (χ0n) is 23.3. The summed E-state index contributed by atoms with van der Waals surface area (Å²) in [6.45, 7) is 0.403. The summed E-state index contributed by atoms with van der Waals surface area (Å²) < 4.78 is 0. The summed E-state index contributed by atoms with van der Waals surface area (Å²) in [6.07, 6.45) is 2.98. The molecule has 0 aliphatic rings. The molecule has 0 aliphatic carbocycles. The van der Waals surface area contributed by atoms with Crippen molar-refractivity contribution in [1.82, 2.24) is 16.0 Å². The zero-order chi connectivity index (χ0) is 30.0. The molecule has 2 aromatic carbocycles. The van der Waals surface area contributed by atoms with E-state index in [-0.39, 0.29) is 38.0 Å². The second-order valence-corrected chi connectivity index (χ2v) is 9.96. The topological polar surface area (TPSA) is 200 Å². The molecule has 0 saturated carbocycles. The third kappa shape index (κ3) is 13.1. The smallest absolute Gasteiger partial charge is 0.243 e. The van der Waals surface area contributed by atoms with Crippen molar-refractivity contribution in [2.75, 3.05) is 6.54 Å². The normalized spacial score (nSPS) is 12.9. The molecule has 0 saturated heterocycles. The highest BCUT2D eigenvalue weighted by Gasteiger charge is 2.29. The highest BCUT2D eigenvalue weighted by atomic mass is 16.2. The van der Waals surface area contributed by atoms with Gasteiger partial charge in [-0.3, -0.25) is 24.0 Å². The lowest BCUT2D eigenvalue weighted by molar-refractivity contribution is -0.133. The summed E-state index contributed by atoms with van der Waals surface area (Å²) in [5.41, 5.74) is 18.1. The van der Waals surface area contributed by atoms with Gasteiger partial charge in [0.05, 0.1) is 0 Å². The van der Waals surface area contributed by atoms with E-state index in [9.17, 15) is 24.0 Å². The number of benzene rings is 2. The molecule has 11 nitrogen and oxygen atoms in total. The van der Waals surface area contributed by atoms with Crippen LogP contribution in [0.4, 0.5) is 0 Å². The summed E-state index contributed by atoms with van der Waals surface area (Å²) in [6, 6.07) is 16.0. The predicted octanol–water partition coefficient (Wildman–Crippen LogP) is 0.586. The van der Waals surface area contributed by atoms with Crippen LogP contribution in [0.3, 0.4) is 0 Å². The lowest BCUT2D eigenvalue weighted by Gasteiger charge is -2.25. The number of hydrogen-bond acceptors (Lipinski definition) is 6. The largest absolute Gasteiger partial charge is 0.370 e. The number of unbranched alkanes of at least 4 members (excludes halogenated alkanes) is 1. The van der Waals surface area contributed by atoms with E-state index in [1.165, 1.54) is 0 Å². The number of aryl methyl sites for hydroxylation is 1. The van der Waals surface area contributed by atoms with Gasteiger partial charge in [0, 0.05) is 19.3 Å². The van der Waals surface area contributed by atoms with Gasteiger partial charge in [0.25, 0.3) is 0 Å². The molecule has 9 N–H and O–H groups in total. The van der Waals surface area contributed by atoms with Crippen molar-refractivity contribution < 1.29 is 24.0 Å².